The van der Waals surface area contributed by atoms with Crippen LogP contribution in [0.2, 0.25) is 0 Å². The van der Waals surface area contributed by atoms with E-state index in [0.29, 0.717) is 11.5 Å². The molecule has 1 aromatic carbocycles. The molecule has 7 heteroatoms. The van der Waals surface area contributed by atoms with E-state index in [9.17, 15) is 14.9 Å². The smallest absolute Gasteiger partial charge is 0.282 e. The zero-order valence-electron chi connectivity index (χ0n) is 10.0. The van der Waals surface area contributed by atoms with Crippen LogP contribution in [0.15, 0.2) is 36.7 Å². The highest BCUT2D eigenvalue weighted by atomic mass is 16.6. The molecular weight excluding hydrogens is 248 g/mol. The Bertz CT molecular complexity index is 625. The Morgan fingerprint density at radius 1 is 1.26 bits per heavy atom. The minimum atomic E-state index is -0.597. The van der Waals surface area contributed by atoms with Crippen molar-refractivity contribution >= 4 is 17.3 Å². The summed E-state index contributed by atoms with van der Waals surface area (Å²) in [5.41, 5.74) is 0.134. The van der Waals surface area contributed by atoms with Gasteiger partial charge in [0.25, 0.3) is 11.6 Å². The molecule has 96 valence electrons. The Hall–Kier alpha value is -2.83. The van der Waals surface area contributed by atoms with Crippen molar-refractivity contribution in [1.82, 2.24) is 9.97 Å². The molecule has 2 aromatic rings. The van der Waals surface area contributed by atoms with E-state index < -0.39 is 10.8 Å². The number of rotatable bonds is 3. The van der Waals surface area contributed by atoms with Gasteiger partial charge in [-0.05, 0) is 13.0 Å². The second-order valence-electron chi connectivity index (χ2n) is 3.75. The van der Waals surface area contributed by atoms with Crippen LogP contribution in [-0.2, 0) is 0 Å². The van der Waals surface area contributed by atoms with E-state index in [0.717, 1.165) is 0 Å². The average Bonchev–Trinajstić information content (AvgIpc) is 2.41. The van der Waals surface area contributed by atoms with Gasteiger partial charge in [0, 0.05) is 6.07 Å². The summed E-state index contributed by atoms with van der Waals surface area (Å²) in [6.07, 6.45) is 2.88. The van der Waals surface area contributed by atoms with Gasteiger partial charge in [0.05, 0.1) is 23.0 Å². The second kappa shape index (κ2) is 5.21. The number of aryl methyl sites for hydroxylation is 1. The van der Waals surface area contributed by atoms with Gasteiger partial charge in [-0.15, -0.1) is 0 Å². The van der Waals surface area contributed by atoms with E-state index in [2.05, 4.69) is 15.3 Å². The van der Waals surface area contributed by atoms with Gasteiger partial charge in [0.2, 0.25) is 0 Å². The van der Waals surface area contributed by atoms with Gasteiger partial charge in [0.15, 0.2) is 0 Å². The zero-order valence-corrected chi connectivity index (χ0v) is 10.0. The molecule has 1 heterocycles. The van der Waals surface area contributed by atoms with Crippen LogP contribution in [0.5, 0.6) is 0 Å². The Kier molecular flexibility index (Phi) is 3.46. The highest BCUT2D eigenvalue weighted by molar-refractivity contribution is 6.06. The molecule has 0 radical (unpaired) electrons. The summed E-state index contributed by atoms with van der Waals surface area (Å²) in [5.74, 6) is 0.00319. The van der Waals surface area contributed by atoms with E-state index in [-0.39, 0.29) is 11.3 Å². The summed E-state index contributed by atoms with van der Waals surface area (Å²) in [6.45, 7) is 1.72. The first-order valence-electron chi connectivity index (χ1n) is 5.41. The first-order chi connectivity index (χ1) is 9.08. The van der Waals surface area contributed by atoms with Crippen LogP contribution in [0.25, 0.3) is 0 Å². The number of nitro groups is 1. The number of aromatic nitrogens is 2. The predicted molar refractivity (Wildman–Crippen MR) is 67.8 cm³/mol. The van der Waals surface area contributed by atoms with Crippen LogP contribution in [-0.4, -0.2) is 20.8 Å². The monoisotopic (exact) mass is 258 g/mol. The van der Waals surface area contributed by atoms with Crippen LogP contribution >= 0.6 is 0 Å². The molecule has 19 heavy (non-hydrogen) atoms. The normalized spacial score (nSPS) is 9.95. The molecule has 0 unspecified atom stereocenters. The van der Waals surface area contributed by atoms with E-state index in [1.807, 2.05) is 0 Å². The lowest BCUT2D eigenvalue weighted by molar-refractivity contribution is -0.385. The fourth-order valence-corrected chi connectivity index (χ4v) is 1.48. The molecule has 0 aliphatic heterocycles. The molecule has 0 atom stereocenters. The summed E-state index contributed by atoms with van der Waals surface area (Å²) in [7, 11) is 0. The largest absolute Gasteiger partial charge is 0.319 e. The SMILES string of the molecule is Cc1ncc(NC(=O)c2ccccc2[N+](=O)[O-])cn1. The fraction of sp³-hybridized carbons (Fsp3) is 0.0833. The van der Waals surface area contributed by atoms with Crippen LogP contribution in [0, 0.1) is 17.0 Å². The molecule has 0 aliphatic rings. The van der Waals surface area contributed by atoms with E-state index in [1.54, 1.807) is 13.0 Å². The van der Waals surface area contributed by atoms with Gasteiger partial charge in [-0.1, -0.05) is 12.1 Å². The Morgan fingerprint density at radius 3 is 2.53 bits per heavy atom. The van der Waals surface area contributed by atoms with Crippen molar-refractivity contribution < 1.29 is 9.72 Å². The number of nitrogens with zero attached hydrogens (tertiary/aromatic N) is 3. The van der Waals surface area contributed by atoms with Gasteiger partial charge in [-0.2, -0.15) is 0 Å². The summed E-state index contributed by atoms with van der Waals surface area (Å²) >= 11 is 0. The van der Waals surface area contributed by atoms with Gasteiger partial charge in [-0.3, -0.25) is 14.9 Å². The molecule has 1 N–H and O–H groups in total. The maximum absolute atomic E-state index is 12.0. The van der Waals surface area contributed by atoms with Crippen molar-refractivity contribution in [2.45, 2.75) is 6.92 Å². The highest BCUT2D eigenvalue weighted by Gasteiger charge is 2.19. The number of hydrogen-bond donors (Lipinski definition) is 1. The second-order valence-corrected chi connectivity index (χ2v) is 3.75. The van der Waals surface area contributed by atoms with Crippen LogP contribution < -0.4 is 5.32 Å². The lowest BCUT2D eigenvalue weighted by Crippen LogP contribution is -2.14. The third-order valence-corrected chi connectivity index (χ3v) is 2.38. The lowest BCUT2D eigenvalue weighted by Gasteiger charge is -2.05. The summed E-state index contributed by atoms with van der Waals surface area (Å²) < 4.78 is 0. The molecular formula is C12H10N4O3. The Labute approximate surface area is 108 Å². The third-order valence-electron chi connectivity index (χ3n) is 2.38. The van der Waals surface area contributed by atoms with Crippen molar-refractivity contribution in [3.63, 3.8) is 0 Å². The first-order valence-corrected chi connectivity index (χ1v) is 5.41. The number of hydrogen-bond acceptors (Lipinski definition) is 5. The number of carbonyl (C=O) groups excluding carboxylic acids is 1. The third kappa shape index (κ3) is 2.89. The van der Waals surface area contributed by atoms with Crippen LogP contribution in [0.3, 0.4) is 0 Å². The number of nitro benzene ring substituents is 1. The van der Waals surface area contributed by atoms with E-state index in [1.165, 1.54) is 30.6 Å². The molecule has 7 nitrogen and oxygen atoms in total. The van der Waals surface area contributed by atoms with Crippen LogP contribution in [0.1, 0.15) is 16.2 Å². The summed E-state index contributed by atoms with van der Waals surface area (Å²) in [5, 5.41) is 13.3. The minimum Gasteiger partial charge on any atom is -0.319 e. The standard InChI is InChI=1S/C12H10N4O3/c1-8-13-6-9(7-14-8)15-12(17)10-4-2-3-5-11(10)16(18)19/h2-7H,1H3,(H,15,17). The molecule has 0 bridgehead atoms. The number of nitrogens with one attached hydrogen (secondary N) is 1. The number of para-hydroxylation sites is 1. The maximum Gasteiger partial charge on any atom is 0.282 e. The van der Waals surface area contributed by atoms with E-state index >= 15 is 0 Å². The highest BCUT2D eigenvalue weighted by Crippen LogP contribution is 2.18. The molecule has 0 fully saturated rings. The van der Waals surface area contributed by atoms with Crippen molar-refractivity contribution in [3.8, 4) is 0 Å². The molecule has 0 aliphatic carbocycles. The first kappa shape index (κ1) is 12.6. The zero-order chi connectivity index (χ0) is 13.8. The van der Waals surface area contributed by atoms with Crippen molar-refractivity contribution in [3.05, 3.63) is 58.2 Å². The molecule has 0 saturated heterocycles. The topological polar surface area (TPSA) is 98.0 Å². The number of carbonyl (C=O) groups is 1. The van der Waals surface area contributed by atoms with Crippen molar-refractivity contribution in [2.24, 2.45) is 0 Å². The van der Waals surface area contributed by atoms with Gasteiger partial charge in [0.1, 0.15) is 11.4 Å². The molecule has 2 rings (SSSR count). The minimum absolute atomic E-state index is 0.00641. The van der Waals surface area contributed by atoms with Crippen molar-refractivity contribution in [1.29, 1.82) is 0 Å². The number of benzene rings is 1. The van der Waals surface area contributed by atoms with E-state index in [4.69, 9.17) is 0 Å². The van der Waals surface area contributed by atoms with Gasteiger partial charge < -0.3 is 5.32 Å². The Morgan fingerprint density at radius 2 is 1.89 bits per heavy atom. The molecule has 0 saturated carbocycles. The maximum atomic E-state index is 12.0. The van der Waals surface area contributed by atoms with Crippen molar-refractivity contribution in [2.75, 3.05) is 5.32 Å². The lowest BCUT2D eigenvalue weighted by atomic mass is 10.1. The van der Waals surface area contributed by atoms with Gasteiger partial charge in [-0.25, -0.2) is 9.97 Å². The average molecular weight is 258 g/mol. The molecule has 1 amide bonds. The predicted octanol–water partition coefficient (Wildman–Crippen LogP) is 1.95. The van der Waals surface area contributed by atoms with Crippen LogP contribution in [0.4, 0.5) is 11.4 Å². The fourth-order valence-electron chi connectivity index (χ4n) is 1.48. The molecule has 1 aromatic heterocycles. The number of amides is 1. The summed E-state index contributed by atoms with van der Waals surface area (Å²) in [4.78, 5) is 30.0. The Balaban J connectivity index is 2.25. The number of anilines is 1. The van der Waals surface area contributed by atoms with Gasteiger partial charge >= 0.3 is 0 Å². The quantitative estimate of drug-likeness (QED) is 0.670. The molecule has 0 spiro atoms. The summed E-state index contributed by atoms with van der Waals surface area (Å²) in [6, 6.07) is 5.74.